The molecule has 2 aliphatic rings. The van der Waals surface area contributed by atoms with Crippen LogP contribution in [0.4, 0.5) is 11.4 Å². The molecule has 1 aromatic carbocycles. The van der Waals surface area contributed by atoms with E-state index in [0.717, 1.165) is 35.9 Å². The molecule has 0 spiro atoms. The average Bonchev–Trinajstić information content (AvgIpc) is 2.87. The van der Waals surface area contributed by atoms with Gasteiger partial charge >= 0.3 is 0 Å². The minimum absolute atomic E-state index is 0.843. The predicted molar refractivity (Wildman–Crippen MR) is 71.2 cm³/mol. The van der Waals surface area contributed by atoms with Crippen LogP contribution in [0.25, 0.3) is 0 Å². The van der Waals surface area contributed by atoms with Gasteiger partial charge in [0.15, 0.2) is 5.17 Å². The third kappa shape index (κ3) is 1.53. The van der Waals surface area contributed by atoms with Crippen LogP contribution in [0, 0.1) is 6.92 Å². The summed E-state index contributed by atoms with van der Waals surface area (Å²) >= 11 is 1.72. The summed E-state index contributed by atoms with van der Waals surface area (Å²) in [5.41, 5.74) is 3.26. The lowest BCUT2D eigenvalue weighted by molar-refractivity contribution is -0.107. The van der Waals surface area contributed by atoms with Crippen LogP contribution in [0.5, 0.6) is 0 Å². The number of benzene rings is 1. The van der Waals surface area contributed by atoms with Gasteiger partial charge in [-0.3, -0.25) is 9.79 Å². The van der Waals surface area contributed by atoms with Gasteiger partial charge in [0.05, 0.1) is 12.2 Å². The number of amidine groups is 1. The molecule has 0 aliphatic carbocycles. The summed E-state index contributed by atoms with van der Waals surface area (Å²) in [4.78, 5) is 20.4. The Morgan fingerprint density at radius 1 is 1.53 bits per heavy atom. The number of carbonyl (C=O) groups is 1. The number of hydrogen-bond acceptors (Lipinski definition) is 4. The lowest BCUT2D eigenvalue weighted by Gasteiger charge is -2.18. The highest BCUT2D eigenvalue weighted by atomic mass is 32.2. The zero-order chi connectivity index (χ0) is 12.0. The quantitative estimate of drug-likeness (QED) is 0.748. The Labute approximate surface area is 104 Å². The van der Waals surface area contributed by atoms with E-state index in [1.165, 1.54) is 10.6 Å². The Balaban J connectivity index is 2.10. The van der Waals surface area contributed by atoms with Crippen LogP contribution in [0.2, 0.25) is 0 Å². The number of amides is 1. The van der Waals surface area contributed by atoms with Gasteiger partial charge in [0, 0.05) is 24.2 Å². The zero-order valence-corrected chi connectivity index (χ0v) is 10.6. The van der Waals surface area contributed by atoms with E-state index in [1.54, 1.807) is 23.7 Å². The second-order valence-corrected chi connectivity index (χ2v) is 5.25. The molecule has 0 radical (unpaired) electrons. The highest BCUT2D eigenvalue weighted by Crippen LogP contribution is 2.44. The topological polar surface area (TPSA) is 35.9 Å². The van der Waals surface area contributed by atoms with Crippen molar-refractivity contribution in [3.63, 3.8) is 0 Å². The van der Waals surface area contributed by atoms with Gasteiger partial charge in [-0.05, 0) is 36.4 Å². The summed E-state index contributed by atoms with van der Waals surface area (Å²) in [5.74, 6) is 0. The van der Waals surface area contributed by atoms with Gasteiger partial charge in [0.25, 0.3) is 0 Å². The number of thioether (sulfide) groups is 1. The SMILES string of the molecule is Cc1cc2c(cc1N(C)C=O)N1CCN=C1S2. The van der Waals surface area contributed by atoms with Crippen molar-refractivity contribution >= 4 is 34.7 Å². The molecule has 2 aliphatic heterocycles. The van der Waals surface area contributed by atoms with E-state index in [4.69, 9.17) is 0 Å². The van der Waals surface area contributed by atoms with Crippen LogP contribution in [0.3, 0.4) is 0 Å². The lowest BCUT2D eigenvalue weighted by atomic mass is 10.1. The summed E-state index contributed by atoms with van der Waals surface area (Å²) in [6.07, 6.45) is 0.843. The van der Waals surface area contributed by atoms with Crippen LogP contribution in [0.1, 0.15) is 5.56 Å². The maximum Gasteiger partial charge on any atom is 0.213 e. The molecule has 0 saturated carbocycles. The number of fused-ring (bicyclic) bond motifs is 3. The third-order valence-corrected chi connectivity index (χ3v) is 4.19. The van der Waals surface area contributed by atoms with Gasteiger partial charge in [-0.15, -0.1) is 0 Å². The molecule has 1 aromatic rings. The molecular formula is C12H13N3OS. The first-order chi connectivity index (χ1) is 8.20. The van der Waals surface area contributed by atoms with Crippen LogP contribution in [-0.4, -0.2) is 31.7 Å². The molecule has 0 unspecified atom stereocenters. The van der Waals surface area contributed by atoms with E-state index in [1.807, 2.05) is 6.92 Å². The number of carbonyl (C=O) groups excluding carboxylic acids is 1. The number of rotatable bonds is 2. The smallest absolute Gasteiger partial charge is 0.213 e. The largest absolute Gasteiger partial charge is 0.318 e. The molecule has 0 fully saturated rings. The molecule has 4 nitrogen and oxygen atoms in total. The van der Waals surface area contributed by atoms with Gasteiger partial charge in [0.1, 0.15) is 0 Å². The molecule has 5 heteroatoms. The molecule has 88 valence electrons. The van der Waals surface area contributed by atoms with Crippen molar-refractivity contribution < 1.29 is 4.79 Å². The van der Waals surface area contributed by atoms with E-state index in [0.29, 0.717) is 0 Å². The maximum absolute atomic E-state index is 10.9. The normalized spacial score (nSPS) is 16.6. The Morgan fingerprint density at radius 2 is 2.35 bits per heavy atom. The Hall–Kier alpha value is -1.49. The Kier molecular flexibility index (Phi) is 2.36. The number of aliphatic imine (C=N–C) groups is 1. The molecule has 0 saturated heterocycles. The van der Waals surface area contributed by atoms with Gasteiger partial charge in [0.2, 0.25) is 6.41 Å². The van der Waals surface area contributed by atoms with Gasteiger partial charge in [-0.1, -0.05) is 0 Å². The molecule has 0 N–H and O–H groups in total. The second-order valence-electron chi connectivity index (χ2n) is 4.24. The summed E-state index contributed by atoms with van der Waals surface area (Å²) in [5, 5.41) is 1.09. The maximum atomic E-state index is 10.9. The van der Waals surface area contributed by atoms with Gasteiger partial charge in [-0.25, -0.2) is 0 Å². The monoisotopic (exact) mass is 247 g/mol. The van der Waals surface area contributed by atoms with Crippen molar-refractivity contribution in [2.45, 2.75) is 11.8 Å². The van der Waals surface area contributed by atoms with Gasteiger partial charge in [-0.2, -0.15) is 0 Å². The van der Waals surface area contributed by atoms with Crippen molar-refractivity contribution in [3.8, 4) is 0 Å². The number of aryl methyl sites for hydroxylation is 1. The highest BCUT2D eigenvalue weighted by molar-refractivity contribution is 8.14. The highest BCUT2D eigenvalue weighted by Gasteiger charge is 2.30. The Bertz CT molecular complexity index is 527. The van der Waals surface area contributed by atoms with Crippen LogP contribution >= 0.6 is 11.8 Å². The fourth-order valence-corrected chi connectivity index (χ4v) is 3.39. The first-order valence-electron chi connectivity index (χ1n) is 5.53. The molecule has 2 heterocycles. The fourth-order valence-electron chi connectivity index (χ4n) is 2.22. The zero-order valence-electron chi connectivity index (χ0n) is 9.80. The average molecular weight is 247 g/mol. The summed E-state index contributed by atoms with van der Waals surface area (Å²) < 4.78 is 0. The molecular weight excluding hydrogens is 234 g/mol. The van der Waals surface area contributed by atoms with Crippen molar-refractivity contribution in [1.82, 2.24) is 0 Å². The van der Waals surface area contributed by atoms with E-state index in [9.17, 15) is 4.79 Å². The fraction of sp³-hybridized carbons (Fsp3) is 0.333. The molecule has 0 bridgehead atoms. The van der Waals surface area contributed by atoms with Crippen molar-refractivity contribution in [2.75, 3.05) is 29.9 Å². The van der Waals surface area contributed by atoms with Crippen molar-refractivity contribution in [2.24, 2.45) is 4.99 Å². The second kappa shape index (κ2) is 3.77. The minimum atomic E-state index is 0.843. The molecule has 17 heavy (non-hydrogen) atoms. The van der Waals surface area contributed by atoms with Crippen LogP contribution in [-0.2, 0) is 4.79 Å². The summed E-state index contributed by atoms with van der Waals surface area (Å²) in [6, 6.07) is 4.22. The predicted octanol–water partition coefficient (Wildman–Crippen LogP) is 1.87. The summed E-state index contributed by atoms with van der Waals surface area (Å²) in [6.45, 7) is 3.85. The molecule has 0 aromatic heterocycles. The summed E-state index contributed by atoms with van der Waals surface area (Å²) in [7, 11) is 1.78. The molecule has 1 amide bonds. The van der Waals surface area contributed by atoms with Gasteiger partial charge < -0.3 is 9.80 Å². The number of nitrogens with zero attached hydrogens (tertiary/aromatic N) is 3. The van der Waals surface area contributed by atoms with Crippen LogP contribution < -0.4 is 9.80 Å². The lowest BCUT2D eigenvalue weighted by Crippen LogP contribution is -2.21. The van der Waals surface area contributed by atoms with E-state index in [2.05, 4.69) is 22.0 Å². The van der Waals surface area contributed by atoms with Crippen molar-refractivity contribution in [1.29, 1.82) is 0 Å². The van der Waals surface area contributed by atoms with E-state index < -0.39 is 0 Å². The van der Waals surface area contributed by atoms with E-state index in [-0.39, 0.29) is 0 Å². The number of anilines is 2. The van der Waals surface area contributed by atoms with Crippen LogP contribution in [0.15, 0.2) is 22.0 Å². The standard InChI is InChI=1S/C12H13N3OS/c1-8-5-11-10(6-9(8)14(2)7-16)15-4-3-13-12(15)17-11/h5-7H,3-4H2,1-2H3. The minimum Gasteiger partial charge on any atom is -0.318 e. The molecule has 3 rings (SSSR count). The molecule has 0 atom stereocenters. The van der Waals surface area contributed by atoms with Crippen molar-refractivity contribution in [3.05, 3.63) is 17.7 Å². The Morgan fingerprint density at radius 3 is 3.12 bits per heavy atom. The first kappa shape index (κ1) is 10.7. The number of hydrogen-bond donors (Lipinski definition) is 0. The first-order valence-corrected chi connectivity index (χ1v) is 6.35. The van der Waals surface area contributed by atoms with E-state index >= 15 is 0 Å². The third-order valence-electron chi connectivity index (χ3n) is 3.11.